The predicted octanol–water partition coefficient (Wildman–Crippen LogP) is 3.10. The first-order valence-electron chi connectivity index (χ1n) is 8.71. The van der Waals surface area contributed by atoms with E-state index in [1.807, 2.05) is 19.6 Å². The standard InChI is InChI=1S/C20H26N6.HI/c1-21-20(25(3)15-19-5-4-11-24(19)2)23-13-17-6-8-18(9-7-17)14-26-12-10-22-16-26;/h4-12,16H,13-15H2,1-3H3,(H,21,23);1H. The quantitative estimate of drug-likeness (QED) is 0.337. The van der Waals surface area contributed by atoms with Gasteiger partial charge in [-0.2, -0.15) is 0 Å². The van der Waals surface area contributed by atoms with Crippen LogP contribution in [0.3, 0.4) is 0 Å². The summed E-state index contributed by atoms with van der Waals surface area (Å²) < 4.78 is 4.19. The minimum Gasteiger partial charge on any atom is -0.353 e. The molecule has 3 rings (SSSR count). The minimum atomic E-state index is 0. The number of hydrogen-bond acceptors (Lipinski definition) is 2. The van der Waals surface area contributed by atoms with Gasteiger partial charge in [-0.1, -0.05) is 24.3 Å². The Hall–Kier alpha value is -2.29. The Morgan fingerprint density at radius 1 is 1.15 bits per heavy atom. The SMILES string of the molecule is CN=C(NCc1ccc(Cn2ccnc2)cc1)N(C)Cc1cccn1C.I. The monoisotopic (exact) mass is 478 g/mol. The molecule has 0 radical (unpaired) electrons. The van der Waals surface area contributed by atoms with Crippen molar-refractivity contribution in [3.05, 3.63) is 78.1 Å². The van der Waals surface area contributed by atoms with Crippen molar-refractivity contribution in [2.24, 2.45) is 12.0 Å². The van der Waals surface area contributed by atoms with E-state index in [4.69, 9.17) is 0 Å². The molecule has 0 aliphatic rings. The van der Waals surface area contributed by atoms with Crippen molar-refractivity contribution in [2.45, 2.75) is 19.6 Å². The molecule has 0 aliphatic heterocycles. The second-order valence-electron chi connectivity index (χ2n) is 6.42. The zero-order valence-electron chi connectivity index (χ0n) is 16.0. The highest BCUT2D eigenvalue weighted by Gasteiger charge is 2.08. The van der Waals surface area contributed by atoms with Gasteiger partial charge in [-0.15, -0.1) is 24.0 Å². The molecule has 0 unspecified atom stereocenters. The summed E-state index contributed by atoms with van der Waals surface area (Å²) in [5.41, 5.74) is 3.74. The van der Waals surface area contributed by atoms with Gasteiger partial charge in [0.15, 0.2) is 5.96 Å². The van der Waals surface area contributed by atoms with Crippen LogP contribution in [0, 0.1) is 0 Å². The van der Waals surface area contributed by atoms with E-state index < -0.39 is 0 Å². The Labute approximate surface area is 178 Å². The molecule has 144 valence electrons. The molecule has 27 heavy (non-hydrogen) atoms. The first kappa shape index (κ1) is 21.0. The average molecular weight is 478 g/mol. The lowest BCUT2D eigenvalue weighted by molar-refractivity contribution is 0.461. The van der Waals surface area contributed by atoms with Crippen molar-refractivity contribution in [1.82, 2.24) is 24.3 Å². The second kappa shape index (κ2) is 10.1. The number of aliphatic imine (C=N–C) groups is 1. The summed E-state index contributed by atoms with van der Waals surface area (Å²) in [6.07, 6.45) is 7.67. The first-order valence-corrected chi connectivity index (χ1v) is 8.71. The lowest BCUT2D eigenvalue weighted by atomic mass is 10.1. The van der Waals surface area contributed by atoms with Crippen molar-refractivity contribution in [1.29, 1.82) is 0 Å². The van der Waals surface area contributed by atoms with E-state index in [0.717, 1.165) is 25.6 Å². The van der Waals surface area contributed by atoms with Crippen LogP contribution < -0.4 is 5.32 Å². The lowest BCUT2D eigenvalue weighted by Gasteiger charge is -2.22. The number of hydrogen-bond donors (Lipinski definition) is 1. The summed E-state index contributed by atoms with van der Waals surface area (Å²) >= 11 is 0. The molecule has 6 nitrogen and oxygen atoms in total. The Kier molecular flexibility index (Phi) is 7.90. The van der Waals surface area contributed by atoms with E-state index in [2.05, 4.69) is 86.0 Å². The molecule has 1 N–H and O–H groups in total. The van der Waals surface area contributed by atoms with Crippen molar-refractivity contribution < 1.29 is 0 Å². The third kappa shape index (κ3) is 5.85. The van der Waals surface area contributed by atoms with Crippen LogP contribution in [0.4, 0.5) is 0 Å². The molecule has 0 spiro atoms. The maximum absolute atomic E-state index is 4.39. The molecule has 2 aromatic heterocycles. The molecule has 7 heteroatoms. The fraction of sp³-hybridized carbons (Fsp3) is 0.300. The largest absolute Gasteiger partial charge is 0.353 e. The second-order valence-corrected chi connectivity index (χ2v) is 6.42. The van der Waals surface area contributed by atoms with Crippen molar-refractivity contribution in [2.75, 3.05) is 14.1 Å². The Morgan fingerprint density at radius 3 is 2.48 bits per heavy atom. The van der Waals surface area contributed by atoms with E-state index in [9.17, 15) is 0 Å². The summed E-state index contributed by atoms with van der Waals surface area (Å²) in [6.45, 7) is 2.40. The highest BCUT2D eigenvalue weighted by Crippen LogP contribution is 2.07. The smallest absolute Gasteiger partial charge is 0.194 e. The van der Waals surface area contributed by atoms with E-state index in [-0.39, 0.29) is 24.0 Å². The van der Waals surface area contributed by atoms with Gasteiger partial charge in [0.05, 0.1) is 12.9 Å². The third-order valence-electron chi connectivity index (χ3n) is 4.42. The summed E-state index contributed by atoms with van der Waals surface area (Å²) in [6, 6.07) is 12.8. The van der Waals surface area contributed by atoms with Crippen molar-refractivity contribution >= 4 is 29.9 Å². The maximum atomic E-state index is 4.39. The van der Waals surface area contributed by atoms with Gasteiger partial charge in [0.2, 0.25) is 0 Å². The lowest BCUT2D eigenvalue weighted by Crippen LogP contribution is -2.38. The van der Waals surface area contributed by atoms with Gasteiger partial charge in [0.1, 0.15) is 0 Å². The highest BCUT2D eigenvalue weighted by atomic mass is 127. The maximum Gasteiger partial charge on any atom is 0.194 e. The van der Waals surface area contributed by atoms with Crippen LogP contribution in [0.5, 0.6) is 0 Å². The number of nitrogens with one attached hydrogen (secondary N) is 1. The summed E-state index contributed by atoms with van der Waals surface area (Å²) in [7, 11) is 5.93. The van der Waals surface area contributed by atoms with Gasteiger partial charge < -0.3 is 19.4 Å². The van der Waals surface area contributed by atoms with Crippen LogP contribution in [0.15, 0.2) is 66.3 Å². The van der Waals surface area contributed by atoms with Crippen LogP contribution in [-0.2, 0) is 26.7 Å². The molecular formula is C20H27IN6. The van der Waals surface area contributed by atoms with Crippen LogP contribution >= 0.6 is 24.0 Å². The zero-order valence-corrected chi connectivity index (χ0v) is 18.4. The van der Waals surface area contributed by atoms with Gasteiger partial charge in [-0.3, -0.25) is 4.99 Å². The molecule has 3 aromatic rings. The predicted molar refractivity (Wildman–Crippen MR) is 120 cm³/mol. The first-order chi connectivity index (χ1) is 12.7. The van der Waals surface area contributed by atoms with Gasteiger partial charge in [-0.05, 0) is 23.3 Å². The molecule has 2 heterocycles. The van der Waals surface area contributed by atoms with Gasteiger partial charge in [0.25, 0.3) is 0 Å². The third-order valence-corrected chi connectivity index (χ3v) is 4.42. The van der Waals surface area contributed by atoms with Gasteiger partial charge in [-0.25, -0.2) is 4.98 Å². The Bertz CT molecular complexity index is 836. The number of halogens is 1. The van der Waals surface area contributed by atoms with Gasteiger partial charge in [0, 0.05) is 58.5 Å². The molecule has 0 saturated carbocycles. The van der Waals surface area contributed by atoms with E-state index in [1.54, 1.807) is 6.20 Å². The van der Waals surface area contributed by atoms with E-state index >= 15 is 0 Å². The summed E-state index contributed by atoms with van der Waals surface area (Å²) in [5, 5.41) is 3.43. The average Bonchev–Trinajstić information content (AvgIpc) is 3.29. The number of aryl methyl sites for hydroxylation is 1. The molecule has 0 amide bonds. The fourth-order valence-corrected chi connectivity index (χ4v) is 2.90. The number of aromatic nitrogens is 3. The van der Waals surface area contributed by atoms with Crippen LogP contribution in [0.25, 0.3) is 0 Å². The Balaban J connectivity index is 0.00000261. The minimum absolute atomic E-state index is 0. The number of nitrogens with zero attached hydrogens (tertiary/aromatic N) is 5. The fourth-order valence-electron chi connectivity index (χ4n) is 2.90. The number of guanidine groups is 1. The normalized spacial score (nSPS) is 11.1. The number of rotatable bonds is 6. The zero-order chi connectivity index (χ0) is 18.4. The number of imidazole rings is 1. The Morgan fingerprint density at radius 2 is 1.89 bits per heavy atom. The van der Waals surface area contributed by atoms with Gasteiger partial charge >= 0.3 is 0 Å². The van der Waals surface area contributed by atoms with Crippen molar-refractivity contribution in [3.63, 3.8) is 0 Å². The number of benzene rings is 1. The topological polar surface area (TPSA) is 50.4 Å². The van der Waals surface area contributed by atoms with Crippen LogP contribution in [0.2, 0.25) is 0 Å². The molecule has 1 aromatic carbocycles. The molecule has 0 fully saturated rings. The van der Waals surface area contributed by atoms with E-state index in [0.29, 0.717) is 0 Å². The molecule has 0 aliphatic carbocycles. The molecule has 0 saturated heterocycles. The van der Waals surface area contributed by atoms with Crippen LogP contribution in [0.1, 0.15) is 16.8 Å². The van der Waals surface area contributed by atoms with E-state index in [1.165, 1.54) is 16.8 Å². The molecule has 0 bridgehead atoms. The summed E-state index contributed by atoms with van der Waals surface area (Å²) in [5.74, 6) is 0.883. The molecule has 0 atom stereocenters. The summed E-state index contributed by atoms with van der Waals surface area (Å²) in [4.78, 5) is 10.6. The van der Waals surface area contributed by atoms with Crippen LogP contribution in [-0.4, -0.2) is 39.1 Å². The highest BCUT2D eigenvalue weighted by molar-refractivity contribution is 14.0. The molecular weight excluding hydrogens is 451 g/mol. The van der Waals surface area contributed by atoms with Crippen molar-refractivity contribution in [3.8, 4) is 0 Å².